The van der Waals surface area contributed by atoms with E-state index in [1.165, 1.54) is 0 Å². The molecule has 0 saturated carbocycles. The van der Waals surface area contributed by atoms with Crippen LogP contribution in [0.4, 0.5) is 4.79 Å². The summed E-state index contributed by atoms with van der Waals surface area (Å²) in [6.07, 6.45) is 6.49. The molecule has 0 aliphatic heterocycles. The molecule has 1 rings (SSSR count). The number of hydrogen-bond donors (Lipinski definition) is 1. The highest BCUT2D eigenvalue weighted by atomic mass is 35.5. The highest BCUT2D eigenvalue weighted by Gasteiger charge is 2.23. The predicted octanol–water partition coefficient (Wildman–Crippen LogP) is 5.53. The predicted molar refractivity (Wildman–Crippen MR) is 112 cm³/mol. The molecule has 1 amide bonds. The fourth-order valence-corrected chi connectivity index (χ4v) is 2.31. The lowest BCUT2D eigenvalue weighted by Gasteiger charge is -2.23. The largest absolute Gasteiger partial charge is 0.461 e. The second-order valence-electron chi connectivity index (χ2n) is 7.09. The zero-order valence-electron chi connectivity index (χ0n) is 16.8. The Kier molecular flexibility index (Phi) is 9.52. The maximum atomic E-state index is 12.3. The van der Waals surface area contributed by atoms with Gasteiger partial charge in [0, 0.05) is 5.02 Å². The van der Waals surface area contributed by atoms with Gasteiger partial charge < -0.3 is 14.8 Å². The van der Waals surface area contributed by atoms with E-state index in [1.807, 2.05) is 25.2 Å². The lowest BCUT2D eigenvalue weighted by Crippen LogP contribution is -2.36. The molecule has 0 spiro atoms. The summed E-state index contributed by atoms with van der Waals surface area (Å²) in [5.41, 5.74) is 0.848. The molecular weight excluding hydrogens is 378 g/mol. The number of carbonyl (C=O) groups excluding carboxylic acids is 2. The standard InChI is InChI=1S/C22H28ClNO4/c1-6-8-9-16(7-2)15-27-20(25)14-19(17-10-12-18(23)13-11-17)24-21(26)28-22(3,4)5/h6-13,19H,2,14-15H2,1,3-5H3,(H,24,26)/b8-6-,16-9+. The smallest absolute Gasteiger partial charge is 0.408 e. The summed E-state index contributed by atoms with van der Waals surface area (Å²) in [6, 6.07) is 6.28. The molecule has 1 atom stereocenters. The normalized spacial score (nSPS) is 13.1. The first-order valence-corrected chi connectivity index (χ1v) is 9.37. The number of rotatable bonds is 8. The Balaban J connectivity index is 2.84. The quantitative estimate of drug-likeness (QED) is 0.456. The number of alkyl carbamates (subject to hydrolysis) is 1. The number of hydrogen-bond acceptors (Lipinski definition) is 4. The van der Waals surface area contributed by atoms with E-state index < -0.39 is 23.7 Å². The number of halogens is 1. The van der Waals surface area contributed by atoms with E-state index in [-0.39, 0.29) is 13.0 Å². The zero-order valence-corrected chi connectivity index (χ0v) is 17.6. The highest BCUT2D eigenvalue weighted by molar-refractivity contribution is 6.30. The molecule has 6 heteroatoms. The van der Waals surface area contributed by atoms with Crippen LogP contribution in [0.3, 0.4) is 0 Å². The minimum atomic E-state index is -0.647. The zero-order chi connectivity index (χ0) is 21.2. The maximum absolute atomic E-state index is 12.3. The molecule has 0 fully saturated rings. The first-order chi connectivity index (χ1) is 13.1. The molecule has 0 aliphatic carbocycles. The Morgan fingerprint density at radius 3 is 2.43 bits per heavy atom. The molecule has 5 nitrogen and oxygen atoms in total. The summed E-state index contributed by atoms with van der Waals surface area (Å²) in [6.45, 7) is 11.0. The second-order valence-corrected chi connectivity index (χ2v) is 7.52. The van der Waals surface area contributed by atoms with Crippen LogP contribution in [0.1, 0.15) is 45.7 Å². The van der Waals surface area contributed by atoms with Crippen molar-refractivity contribution in [2.45, 2.75) is 45.8 Å². The summed E-state index contributed by atoms with van der Waals surface area (Å²) in [5.74, 6) is -0.454. The van der Waals surface area contributed by atoms with E-state index in [1.54, 1.807) is 51.1 Å². The van der Waals surface area contributed by atoms with Gasteiger partial charge in [0.2, 0.25) is 0 Å². The van der Waals surface area contributed by atoms with Crippen molar-refractivity contribution in [1.29, 1.82) is 0 Å². The minimum Gasteiger partial charge on any atom is -0.461 e. The van der Waals surface area contributed by atoms with Gasteiger partial charge in [-0.25, -0.2) is 4.79 Å². The van der Waals surface area contributed by atoms with E-state index in [2.05, 4.69) is 11.9 Å². The van der Waals surface area contributed by atoms with Crippen molar-refractivity contribution in [2.75, 3.05) is 6.61 Å². The van der Waals surface area contributed by atoms with E-state index in [4.69, 9.17) is 21.1 Å². The van der Waals surface area contributed by atoms with Crippen molar-refractivity contribution in [2.24, 2.45) is 0 Å². The summed E-state index contributed by atoms with van der Waals surface area (Å²) >= 11 is 5.93. The third kappa shape index (κ3) is 9.42. The van der Waals surface area contributed by atoms with Gasteiger partial charge in [0.1, 0.15) is 12.2 Å². The van der Waals surface area contributed by atoms with Crippen LogP contribution >= 0.6 is 11.6 Å². The van der Waals surface area contributed by atoms with Gasteiger partial charge in [-0.15, -0.1) is 0 Å². The number of esters is 1. The number of amides is 1. The molecule has 1 aromatic carbocycles. The van der Waals surface area contributed by atoms with Crippen LogP contribution in [0, 0.1) is 0 Å². The molecule has 0 saturated heterocycles. The second kappa shape index (κ2) is 11.3. The van der Waals surface area contributed by atoms with Gasteiger partial charge in [-0.3, -0.25) is 4.79 Å². The highest BCUT2D eigenvalue weighted by Crippen LogP contribution is 2.21. The molecule has 152 valence electrons. The van der Waals surface area contributed by atoms with Crippen LogP contribution in [-0.2, 0) is 14.3 Å². The number of benzene rings is 1. The van der Waals surface area contributed by atoms with E-state index in [9.17, 15) is 9.59 Å². The summed E-state index contributed by atoms with van der Waals surface area (Å²) in [7, 11) is 0. The Labute approximate surface area is 172 Å². The number of carbonyl (C=O) groups is 2. The summed E-state index contributed by atoms with van der Waals surface area (Å²) < 4.78 is 10.6. The Bertz CT molecular complexity index is 730. The monoisotopic (exact) mass is 405 g/mol. The third-order valence-electron chi connectivity index (χ3n) is 3.50. The summed E-state index contributed by atoms with van der Waals surface area (Å²) in [5, 5.41) is 3.29. The fraction of sp³-hybridized carbons (Fsp3) is 0.364. The molecule has 0 bridgehead atoms. The molecule has 0 aromatic heterocycles. The van der Waals surface area contributed by atoms with Gasteiger partial charge in [0.25, 0.3) is 0 Å². The number of nitrogens with one attached hydrogen (secondary N) is 1. The van der Waals surface area contributed by atoms with Crippen molar-refractivity contribution in [3.63, 3.8) is 0 Å². The van der Waals surface area contributed by atoms with E-state index in [0.717, 1.165) is 11.1 Å². The lowest BCUT2D eigenvalue weighted by molar-refractivity contribution is -0.143. The van der Waals surface area contributed by atoms with Gasteiger partial charge >= 0.3 is 12.1 Å². The Hall–Kier alpha value is -2.53. The Morgan fingerprint density at radius 2 is 1.89 bits per heavy atom. The molecule has 0 aliphatic rings. The molecular formula is C22H28ClNO4. The topological polar surface area (TPSA) is 64.6 Å². The average molecular weight is 406 g/mol. The number of ether oxygens (including phenoxy) is 2. The van der Waals surface area contributed by atoms with Gasteiger partial charge in [-0.1, -0.05) is 54.6 Å². The first kappa shape index (κ1) is 23.5. The van der Waals surface area contributed by atoms with Crippen LogP contribution in [0.2, 0.25) is 5.02 Å². The van der Waals surface area contributed by atoms with Crippen molar-refractivity contribution in [1.82, 2.24) is 5.32 Å². The third-order valence-corrected chi connectivity index (χ3v) is 3.75. The van der Waals surface area contributed by atoms with Crippen molar-refractivity contribution in [3.8, 4) is 0 Å². The van der Waals surface area contributed by atoms with Crippen molar-refractivity contribution in [3.05, 3.63) is 71.3 Å². The summed E-state index contributed by atoms with van der Waals surface area (Å²) in [4.78, 5) is 24.5. The van der Waals surface area contributed by atoms with Crippen LogP contribution in [0.5, 0.6) is 0 Å². The molecule has 0 radical (unpaired) electrons. The van der Waals surface area contributed by atoms with E-state index >= 15 is 0 Å². The first-order valence-electron chi connectivity index (χ1n) is 8.99. The minimum absolute atomic E-state index is 0.0467. The van der Waals surface area contributed by atoms with Crippen molar-refractivity contribution < 1.29 is 19.1 Å². The van der Waals surface area contributed by atoms with E-state index in [0.29, 0.717) is 5.02 Å². The van der Waals surface area contributed by atoms with Gasteiger partial charge in [-0.05, 0) is 51.0 Å². The lowest BCUT2D eigenvalue weighted by atomic mass is 10.0. The van der Waals surface area contributed by atoms with Crippen LogP contribution in [-0.4, -0.2) is 24.3 Å². The average Bonchev–Trinajstić information content (AvgIpc) is 2.60. The van der Waals surface area contributed by atoms with Gasteiger partial charge in [0.05, 0.1) is 12.5 Å². The molecule has 1 aromatic rings. The van der Waals surface area contributed by atoms with Crippen molar-refractivity contribution >= 4 is 23.7 Å². The maximum Gasteiger partial charge on any atom is 0.408 e. The van der Waals surface area contributed by atoms with Gasteiger partial charge in [-0.2, -0.15) is 0 Å². The SMILES string of the molecule is C=C/C(=C\C=C/C)COC(=O)CC(NC(=O)OC(C)(C)C)c1ccc(Cl)cc1. The molecule has 1 unspecified atom stereocenters. The van der Waals surface area contributed by atoms with Crippen LogP contribution in [0.25, 0.3) is 0 Å². The molecule has 28 heavy (non-hydrogen) atoms. The molecule has 1 N–H and O–H groups in total. The van der Waals surface area contributed by atoms with Crippen LogP contribution in [0.15, 0.2) is 60.7 Å². The van der Waals surface area contributed by atoms with Crippen LogP contribution < -0.4 is 5.32 Å². The van der Waals surface area contributed by atoms with Gasteiger partial charge in [0.15, 0.2) is 0 Å². The Morgan fingerprint density at radius 1 is 1.25 bits per heavy atom. The molecule has 0 heterocycles. The fourth-order valence-electron chi connectivity index (χ4n) is 2.18. The number of allylic oxidation sites excluding steroid dienone is 3.